The van der Waals surface area contributed by atoms with E-state index in [4.69, 9.17) is 19.4 Å². The number of alkyl halides is 3. The van der Waals surface area contributed by atoms with Crippen LogP contribution in [0.5, 0.6) is 11.5 Å². The highest BCUT2D eigenvalue weighted by molar-refractivity contribution is 5.89. The number of ether oxygens (including phenoxy) is 2. The summed E-state index contributed by atoms with van der Waals surface area (Å²) in [6.07, 6.45) is 2.68. The first-order valence-electron chi connectivity index (χ1n) is 11.6. The minimum Gasteiger partial charge on any atom is -0.493 e. The Morgan fingerprint density at radius 3 is 2.44 bits per heavy atom. The van der Waals surface area contributed by atoms with Crippen LogP contribution in [0.4, 0.5) is 19.0 Å². The molecule has 0 saturated carbocycles. The number of hydrogen-bond acceptors (Lipinski definition) is 6. The number of benzene rings is 1. The summed E-state index contributed by atoms with van der Waals surface area (Å²) >= 11 is 0. The molecule has 0 unspecified atom stereocenters. The summed E-state index contributed by atoms with van der Waals surface area (Å²) in [6.45, 7) is 2.54. The van der Waals surface area contributed by atoms with E-state index in [2.05, 4.69) is 15.2 Å². The van der Waals surface area contributed by atoms with E-state index in [9.17, 15) is 13.2 Å². The van der Waals surface area contributed by atoms with Gasteiger partial charge >= 0.3 is 6.18 Å². The van der Waals surface area contributed by atoms with Crippen LogP contribution in [0.15, 0.2) is 12.1 Å². The minimum absolute atomic E-state index is 0.250. The Morgan fingerprint density at radius 2 is 1.79 bits per heavy atom. The van der Waals surface area contributed by atoms with Crippen LogP contribution >= 0.6 is 0 Å². The first kappa shape index (κ1) is 25.9. The van der Waals surface area contributed by atoms with Crippen molar-refractivity contribution in [1.82, 2.24) is 9.88 Å². The Labute approximate surface area is 197 Å². The van der Waals surface area contributed by atoms with Crippen molar-refractivity contribution < 1.29 is 32.5 Å². The van der Waals surface area contributed by atoms with Crippen molar-refractivity contribution in [2.45, 2.75) is 51.1 Å². The van der Waals surface area contributed by atoms with Crippen molar-refractivity contribution in [2.24, 2.45) is 0 Å². The molecular weight excluding hydrogens is 451 g/mol. The molecule has 4 rings (SSSR count). The van der Waals surface area contributed by atoms with E-state index in [0.29, 0.717) is 29.4 Å². The highest BCUT2D eigenvalue weighted by Crippen LogP contribution is 2.38. The molecule has 10 heteroatoms. The van der Waals surface area contributed by atoms with E-state index in [-0.39, 0.29) is 6.47 Å². The maximum absolute atomic E-state index is 12.8. The van der Waals surface area contributed by atoms with Crippen molar-refractivity contribution in [3.63, 3.8) is 0 Å². The van der Waals surface area contributed by atoms with Gasteiger partial charge < -0.3 is 24.8 Å². The first-order chi connectivity index (χ1) is 16.4. The number of aryl methyl sites for hydroxylation is 1. The third-order valence-corrected chi connectivity index (χ3v) is 6.12. The molecule has 1 aliphatic carbocycles. The number of hydrogen-bond donors (Lipinski definition) is 2. The van der Waals surface area contributed by atoms with Gasteiger partial charge in [-0.05, 0) is 75.2 Å². The molecular formula is C24H32F3N3O4. The lowest BCUT2D eigenvalue weighted by Crippen LogP contribution is -2.23. The molecule has 7 nitrogen and oxygen atoms in total. The number of halogens is 3. The topological polar surface area (TPSA) is 83.9 Å². The molecule has 1 fully saturated rings. The second kappa shape index (κ2) is 12.1. The maximum Gasteiger partial charge on any atom is 0.405 e. The molecule has 188 valence electrons. The third kappa shape index (κ3) is 6.88. The SMILES string of the molecule is COc1cc2c3c(c(NCC(F)(F)F)nc2cc1OCCCN1CCCC1)CCCC3.O=CO. The molecule has 2 heterocycles. The Bertz CT molecular complexity index is 963. The molecule has 0 radical (unpaired) electrons. The van der Waals surface area contributed by atoms with Crippen molar-refractivity contribution in [2.75, 3.05) is 45.2 Å². The van der Waals surface area contributed by atoms with Gasteiger partial charge in [0.15, 0.2) is 11.5 Å². The van der Waals surface area contributed by atoms with E-state index in [1.165, 1.54) is 12.8 Å². The number of carboxylic acid groups (broad SMARTS) is 1. The van der Waals surface area contributed by atoms with Gasteiger partial charge in [-0.25, -0.2) is 4.98 Å². The van der Waals surface area contributed by atoms with E-state index in [1.807, 2.05) is 6.07 Å². The van der Waals surface area contributed by atoms with Gasteiger partial charge in [0.25, 0.3) is 6.47 Å². The van der Waals surface area contributed by atoms with Crippen LogP contribution in [-0.2, 0) is 17.6 Å². The van der Waals surface area contributed by atoms with Gasteiger partial charge in [0, 0.05) is 18.0 Å². The van der Waals surface area contributed by atoms with Crippen LogP contribution in [-0.4, -0.2) is 67.5 Å². The van der Waals surface area contributed by atoms with E-state index < -0.39 is 12.7 Å². The molecule has 2 aromatic rings. The van der Waals surface area contributed by atoms with Crippen LogP contribution in [0.3, 0.4) is 0 Å². The second-order valence-corrected chi connectivity index (χ2v) is 8.47. The number of anilines is 1. The molecule has 1 saturated heterocycles. The zero-order chi connectivity index (χ0) is 24.6. The fourth-order valence-electron chi connectivity index (χ4n) is 4.61. The van der Waals surface area contributed by atoms with Gasteiger partial charge in [0.2, 0.25) is 0 Å². The van der Waals surface area contributed by atoms with Gasteiger partial charge in [0.1, 0.15) is 12.4 Å². The third-order valence-electron chi connectivity index (χ3n) is 6.12. The van der Waals surface area contributed by atoms with Gasteiger partial charge in [-0.2, -0.15) is 13.2 Å². The van der Waals surface area contributed by atoms with Crippen molar-refractivity contribution in [3.8, 4) is 11.5 Å². The van der Waals surface area contributed by atoms with Gasteiger partial charge in [-0.15, -0.1) is 0 Å². The molecule has 1 aliphatic heterocycles. The zero-order valence-corrected chi connectivity index (χ0v) is 19.4. The van der Waals surface area contributed by atoms with E-state index in [1.54, 1.807) is 13.2 Å². The molecule has 1 aromatic carbocycles. The summed E-state index contributed by atoms with van der Waals surface area (Å²) in [6, 6.07) is 3.73. The fraction of sp³-hybridized carbons (Fsp3) is 0.583. The Morgan fingerprint density at radius 1 is 1.12 bits per heavy atom. The average Bonchev–Trinajstić information content (AvgIpc) is 3.33. The lowest BCUT2D eigenvalue weighted by Gasteiger charge is -2.23. The van der Waals surface area contributed by atoms with Crippen LogP contribution in [0.25, 0.3) is 10.9 Å². The van der Waals surface area contributed by atoms with Crippen LogP contribution in [0.1, 0.15) is 43.2 Å². The monoisotopic (exact) mass is 483 g/mol. The summed E-state index contributed by atoms with van der Waals surface area (Å²) in [7, 11) is 1.61. The standard InChI is InChI=1S/C23H30F3N3O2.CH2O2/c1-30-20-13-18-16-7-2-3-8-17(16)22(27-15-23(24,25)26)28-19(18)14-21(20)31-12-6-11-29-9-4-5-10-29;2-1-3/h13-14H,2-12,15H2,1H3,(H,27,28);1H,(H,2,3). The Kier molecular flexibility index (Phi) is 9.20. The second-order valence-electron chi connectivity index (χ2n) is 8.47. The average molecular weight is 484 g/mol. The molecule has 2 N–H and O–H groups in total. The number of nitrogens with one attached hydrogen (secondary N) is 1. The predicted octanol–water partition coefficient (Wildman–Crippen LogP) is 4.66. The Hall–Kier alpha value is -2.75. The summed E-state index contributed by atoms with van der Waals surface area (Å²) < 4.78 is 50.0. The molecule has 0 spiro atoms. The van der Waals surface area contributed by atoms with Crippen molar-refractivity contribution in [3.05, 3.63) is 23.3 Å². The normalized spacial score (nSPS) is 15.9. The molecule has 34 heavy (non-hydrogen) atoms. The van der Waals surface area contributed by atoms with Crippen LogP contribution in [0, 0.1) is 0 Å². The quantitative estimate of drug-likeness (QED) is 0.417. The van der Waals surface area contributed by atoms with Gasteiger partial charge in [-0.3, -0.25) is 4.79 Å². The number of methoxy groups -OCH3 is 1. The molecule has 2 aliphatic rings. The summed E-state index contributed by atoms with van der Waals surface area (Å²) in [5.41, 5.74) is 2.60. The largest absolute Gasteiger partial charge is 0.493 e. The van der Waals surface area contributed by atoms with E-state index >= 15 is 0 Å². The zero-order valence-electron chi connectivity index (χ0n) is 19.4. The van der Waals surface area contributed by atoms with Crippen LogP contribution in [0.2, 0.25) is 0 Å². The number of likely N-dealkylation sites (tertiary alicyclic amines) is 1. The minimum atomic E-state index is -4.29. The number of pyridine rings is 1. The maximum atomic E-state index is 12.8. The highest BCUT2D eigenvalue weighted by atomic mass is 19.4. The lowest BCUT2D eigenvalue weighted by atomic mass is 9.89. The molecule has 0 amide bonds. The smallest absolute Gasteiger partial charge is 0.405 e. The summed E-state index contributed by atoms with van der Waals surface area (Å²) in [5.74, 6) is 1.56. The summed E-state index contributed by atoms with van der Waals surface area (Å²) in [5, 5.41) is 10.4. The highest BCUT2D eigenvalue weighted by Gasteiger charge is 2.28. The molecule has 0 bridgehead atoms. The predicted molar refractivity (Wildman–Crippen MR) is 124 cm³/mol. The fourth-order valence-corrected chi connectivity index (χ4v) is 4.61. The number of aromatic nitrogens is 1. The van der Waals surface area contributed by atoms with Crippen LogP contribution < -0.4 is 14.8 Å². The molecule has 1 aromatic heterocycles. The van der Waals surface area contributed by atoms with Crippen molar-refractivity contribution >= 4 is 23.2 Å². The first-order valence-corrected chi connectivity index (χ1v) is 11.6. The summed E-state index contributed by atoms with van der Waals surface area (Å²) in [4.78, 5) is 15.4. The Balaban J connectivity index is 0.00000103. The van der Waals surface area contributed by atoms with Gasteiger partial charge in [-0.1, -0.05) is 0 Å². The number of nitrogens with zero attached hydrogens (tertiary/aromatic N) is 2. The van der Waals surface area contributed by atoms with E-state index in [0.717, 1.165) is 68.3 Å². The lowest BCUT2D eigenvalue weighted by molar-refractivity contribution is -0.123. The number of rotatable bonds is 8. The molecule has 0 atom stereocenters. The van der Waals surface area contributed by atoms with Crippen molar-refractivity contribution in [1.29, 1.82) is 0 Å². The van der Waals surface area contributed by atoms with Gasteiger partial charge in [0.05, 0.1) is 19.2 Å². The number of carbonyl (C=O) groups is 1. The number of fused-ring (bicyclic) bond motifs is 3.